The van der Waals surface area contributed by atoms with Crippen molar-refractivity contribution in [3.05, 3.63) is 0 Å². The summed E-state index contributed by atoms with van der Waals surface area (Å²) >= 11 is 0. The Morgan fingerprint density at radius 2 is 0.756 bits per heavy atom. The predicted molar refractivity (Wildman–Crippen MR) is 191 cm³/mol. The van der Waals surface area contributed by atoms with Crippen LogP contribution in [0.4, 0.5) is 0 Å². The van der Waals surface area contributed by atoms with Crippen LogP contribution in [0.25, 0.3) is 0 Å². The molecule has 272 valence electrons. The van der Waals surface area contributed by atoms with Crippen molar-refractivity contribution in [2.24, 2.45) is 0 Å². The second-order valence-corrected chi connectivity index (χ2v) is 12.6. The maximum atomic E-state index is 10.3. The van der Waals surface area contributed by atoms with Gasteiger partial charge in [0, 0.05) is 6.92 Å². The standard InChI is InChI=1S/C8H16O3.3C8H14O2.4CH4/c1-7(9)10-5-6-11-8(2,3)4;3*1-5-7(9)6-10-8(2,3)4;;;;/h5-6H2,1-4H3;3*1,7,9H,6H2,2-4H3;4*1H4/t;2*7-;;;;;/m.10...../s1. The third-order valence-electron chi connectivity index (χ3n) is 3.52. The summed E-state index contributed by atoms with van der Waals surface area (Å²) in [5, 5.41) is 26.6. The molecule has 3 atom stereocenters. The number of carbonyl (C=O) groups is 1. The van der Waals surface area contributed by atoms with Crippen LogP contribution in [0, 0.1) is 37.0 Å². The molecule has 45 heavy (non-hydrogen) atoms. The van der Waals surface area contributed by atoms with Crippen LogP contribution < -0.4 is 0 Å². The Bertz CT molecular complexity index is 694. The molecule has 1 unspecified atom stereocenters. The van der Waals surface area contributed by atoms with Gasteiger partial charge in [-0.3, -0.25) is 4.79 Å². The largest absolute Gasteiger partial charge is 0.463 e. The Labute approximate surface area is 280 Å². The van der Waals surface area contributed by atoms with Crippen LogP contribution in [0.5, 0.6) is 0 Å². The zero-order valence-electron chi connectivity index (χ0n) is 27.8. The highest BCUT2D eigenvalue weighted by atomic mass is 16.6. The highest BCUT2D eigenvalue weighted by Crippen LogP contribution is 2.08. The van der Waals surface area contributed by atoms with E-state index in [9.17, 15) is 4.79 Å². The van der Waals surface area contributed by atoms with Gasteiger partial charge >= 0.3 is 5.97 Å². The van der Waals surface area contributed by atoms with Crippen LogP contribution in [-0.2, 0) is 28.5 Å². The smallest absolute Gasteiger partial charge is 0.302 e. The minimum Gasteiger partial charge on any atom is -0.463 e. The van der Waals surface area contributed by atoms with Gasteiger partial charge in [-0.25, -0.2) is 0 Å². The fraction of sp³-hybridized carbons (Fsp3) is 0.806. The topological polar surface area (TPSA) is 124 Å². The number of rotatable bonds is 9. The van der Waals surface area contributed by atoms with E-state index in [-0.39, 0.29) is 77.9 Å². The van der Waals surface area contributed by atoms with Gasteiger partial charge in [-0.2, -0.15) is 0 Å². The first kappa shape index (κ1) is 61.8. The van der Waals surface area contributed by atoms with Crippen molar-refractivity contribution in [2.75, 3.05) is 33.0 Å². The second-order valence-electron chi connectivity index (χ2n) is 12.6. The molecule has 0 rings (SSSR count). The van der Waals surface area contributed by atoms with Crippen LogP contribution in [0.2, 0.25) is 0 Å². The monoisotopic (exact) mass is 651 g/mol. The summed E-state index contributed by atoms with van der Waals surface area (Å²) in [6, 6.07) is 0. The quantitative estimate of drug-likeness (QED) is 0.150. The predicted octanol–water partition coefficient (Wildman–Crippen LogP) is 6.30. The fourth-order valence-corrected chi connectivity index (χ4v) is 1.66. The van der Waals surface area contributed by atoms with Crippen molar-refractivity contribution in [1.29, 1.82) is 0 Å². The van der Waals surface area contributed by atoms with Crippen LogP contribution in [-0.4, -0.2) is 95.0 Å². The van der Waals surface area contributed by atoms with E-state index >= 15 is 0 Å². The summed E-state index contributed by atoms with van der Waals surface area (Å²) in [5.41, 5.74) is -0.826. The third-order valence-corrected chi connectivity index (χ3v) is 3.52. The summed E-state index contributed by atoms with van der Waals surface area (Å²) in [7, 11) is 0. The Kier molecular flexibility index (Phi) is 43.7. The number of carbonyl (C=O) groups excluding carboxylic acids is 1. The molecule has 0 bridgehead atoms. The summed E-state index contributed by atoms with van der Waals surface area (Å²) in [6.07, 6.45) is 12.4. The lowest BCUT2D eigenvalue weighted by Crippen LogP contribution is -2.25. The molecule has 0 spiro atoms. The van der Waals surface area contributed by atoms with E-state index in [4.69, 9.17) is 53.5 Å². The number of terminal acetylenes is 3. The van der Waals surface area contributed by atoms with Gasteiger partial charge in [0.05, 0.1) is 48.8 Å². The molecule has 0 fully saturated rings. The van der Waals surface area contributed by atoms with Crippen molar-refractivity contribution in [1.82, 2.24) is 0 Å². The zero-order chi connectivity index (χ0) is 33.5. The van der Waals surface area contributed by atoms with Crippen molar-refractivity contribution in [2.45, 2.75) is 160 Å². The molecule has 0 aromatic carbocycles. The number of hydrogen-bond donors (Lipinski definition) is 3. The first-order valence-electron chi connectivity index (χ1n) is 13.4. The van der Waals surface area contributed by atoms with Gasteiger partial charge in [-0.15, -0.1) is 19.3 Å². The molecule has 0 aliphatic heterocycles. The lowest BCUT2D eigenvalue weighted by molar-refractivity contribution is -0.144. The first-order valence-corrected chi connectivity index (χ1v) is 13.4. The van der Waals surface area contributed by atoms with Crippen LogP contribution >= 0.6 is 0 Å². The van der Waals surface area contributed by atoms with Gasteiger partial charge in [0.2, 0.25) is 0 Å². The van der Waals surface area contributed by atoms with Crippen LogP contribution in [0.1, 0.15) is 120 Å². The number of aliphatic hydroxyl groups is 3. The molecule has 0 heterocycles. The number of aliphatic hydroxyl groups excluding tert-OH is 3. The first-order chi connectivity index (χ1) is 18.3. The molecule has 3 N–H and O–H groups in total. The van der Waals surface area contributed by atoms with Crippen molar-refractivity contribution in [3.8, 4) is 37.0 Å². The van der Waals surface area contributed by atoms with Gasteiger partial charge in [-0.1, -0.05) is 47.5 Å². The van der Waals surface area contributed by atoms with E-state index in [1.165, 1.54) is 6.92 Å². The summed E-state index contributed by atoms with van der Waals surface area (Å²) in [6.45, 7) is 25.9. The Morgan fingerprint density at radius 1 is 0.533 bits per heavy atom. The molecule has 0 radical (unpaired) electrons. The normalized spacial score (nSPS) is 12.3. The molecule has 9 nitrogen and oxygen atoms in total. The molecular formula is C36H74O9. The second kappa shape index (κ2) is 31.8. The van der Waals surface area contributed by atoms with Crippen molar-refractivity contribution in [3.63, 3.8) is 0 Å². The van der Waals surface area contributed by atoms with E-state index < -0.39 is 18.3 Å². The minimum atomic E-state index is -0.778. The van der Waals surface area contributed by atoms with Gasteiger partial charge in [-0.05, 0) is 83.1 Å². The average molecular weight is 651 g/mol. The van der Waals surface area contributed by atoms with E-state index in [1.54, 1.807) is 0 Å². The fourth-order valence-electron chi connectivity index (χ4n) is 1.66. The van der Waals surface area contributed by atoms with E-state index in [0.29, 0.717) is 13.2 Å². The van der Waals surface area contributed by atoms with Crippen molar-refractivity contribution >= 4 is 5.97 Å². The number of hydrogen-bond acceptors (Lipinski definition) is 9. The van der Waals surface area contributed by atoms with Crippen LogP contribution in [0.15, 0.2) is 0 Å². The molecule has 0 saturated heterocycles. The number of esters is 1. The Morgan fingerprint density at radius 3 is 0.911 bits per heavy atom. The lowest BCUT2D eigenvalue weighted by Gasteiger charge is -2.19. The molecular weight excluding hydrogens is 576 g/mol. The SMILES string of the molecule is C.C.C.C.C#CC(O)COC(C)(C)C.C#C[C@@H](O)COC(C)(C)C.C#C[C@H](O)COC(C)(C)C.CC(=O)OCCOC(C)(C)C. The van der Waals surface area contributed by atoms with E-state index in [1.807, 2.05) is 83.1 Å². The molecule has 0 aliphatic carbocycles. The highest BCUT2D eigenvalue weighted by Gasteiger charge is 2.13. The Hall–Kier alpha value is -2.13. The van der Waals surface area contributed by atoms with E-state index in [2.05, 4.69) is 22.5 Å². The molecule has 0 amide bonds. The lowest BCUT2D eigenvalue weighted by atomic mass is 10.2. The summed E-state index contributed by atoms with van der Waals surface area (Å²) < 4.78 is 25.5. The molecule has 0 aliphatic rings. The average Bonchev–Trinajstić information content (AvgIpc) is 2.81. The molecule has 0 aromatic heterocycles. The van der Waals surface area contributed by atoms with Crippen LogP contribution in [0.3, 0.4) is 0 Å². The molecule has 0 aromatic rings. The number of ether oxygens (including phenoxy) is 5. The zero-order valence-corrected chi connectivity index (χ0v) is 27.8. The van der Waals surface area contributed by atoms with Crippen molar-refractivity contribution < 1.29 is 43.8 Å². The maximum Gasteiger partial charge on any atom is 0.302 e. The molecule has 9 heteroatoms. The van der Waals surface area contributed by atoms with Gasteiger partial charge in [0.1, 0.15) is 24.9 Å². The van der Waals surface area contributed by atoms with Gasteiger partial charge in [0.15, 0.2) is 0 Å². The highest BCUT2D eigenvalue weighted by molar-refractivity contribution is 5.65. The third kappa shape index (κ3) is 74.6. The maximum absolute atomic E-state index is 10.3. The molecule has 0 saturated carbocycles. The minimum absolute atomic E-state index is 0. The summed E-state index contributed by atoms with van der Waals surface area (Å²) in [5.74, 6) is 6.24. The van der Waals surface area contributed by atoms with Gasteiger partial charge in [0.25, 0.3) is 0 Å². The van der Waals surface area contributed by atoms with E-state index in [0.717, 1.165) is 0 Å². The summed E-state index contributed by atoms with van der Waals surface area (Å²) in [4.78, 5) is 10.3. The van der Waals surface area contributed by atoms with Gasteiger partial charge < -0.3 is 39.0 Å². The Balaban J connectivity index is -0.0000000657.